The molecule has 1 aliphatic heterocycles. The lowest BCUT2D eigenvalue weighted by molar-refractivity contribution is -0.137. The van der Waals surface area contributed by atoms with Crippen LogP contribution in [0.1, 0.15) is 17.5 Å². The lowest BCUT2D eigenvalue weighted by Gasteiger charge is -2.08. The van der Waals surface area contributed by atoms with E-state index < -0.39 is 11.7 Å². The number of benzene rings is 1. The van der Waals surface area contributed by atoms with E-state index >= 15 is 0 Å². The fourth-order valence-corrected chi connectivity index (χ4v) is 2.61. The molecular formula is C12H9F3OS. The van der Waals surface area contributed by atoms with Gasteiger partial charge in [0, 0.05) is 4.91 Å². The van der Waals surface area contributed by atoms with Crippen LogP contribution in [0.3, 0.4) is 0 Å². The third kappa shape index (κ3) is 2.72. The van der Waals surface area contributed by atoms with Gasteiger partial charge in [-0.15, -0.1) is 11.8 Å². The lowest BCUT2D eigenvalue weighted by Crippen LogP contribution is -2.04. The van der Waals surface area contributed by atoms with Crippen molar-refractivity contribution in [2.45, 2.75) is 17.8 Å². The van der Waals surface area contributed by atoms with Crippen LogP contribution >= 0.6 is 11.8 Å². The first kappa shape index (κ1) is 12.2. The van der Waals surface area contributed by atoms with Gasteiger partial charge in [0.1, 0.15) is 6.29 Å². The monoisotopic (exact) mass is 258 g/mol. The summed E-state index contributed by atoms with van der Waals surface area (Å²) in [5, 5.41) is -0.104. The third-order valence-corrected chi connectivity index (χ3v) is 3.73. The molecule has 90 valence electrons. The summed E-state index contributed by atoms with van der Waals surface area (Å²) in [6, 6.07) is 5.00. The highest BCUT2D eigenvalue weighted by atomic mass is 32.2. The number of hydrogen-bond donors (Lipinski definition) is 0. The van der Waals surface area contributed by atoms with Crippen molar-refractivity contribution in [3.8, 4) is 0 Å². The smallest absolute Gasteiger partial charge is 0.302 e. The fraction of sp³-hybridized carbons (Fsp3) is 0.250. The van der Waals surface area contributed by atoms with E-state index in [4.69, 9.17) is 0 Å². The summed E-state index contributed by atoms with van der Waals surface area (Å²) in [4.78, 5) is 11.4. The molecule has 1 heterocycles. The van der Waals surface area contributed by atoms with E-state index in [0.29, 0.717) is 6.42 Å². The minimum absolute atomic E-state index is 0.104. The largest absolute Gasteiger partial charge is 0.416 e. The minimum atomic E-state index is -4.30. The van der Waals surface area contributed by atoms with Crippen molar-refractivity contribution in [3.63, 3.8) is 0 Å². The van der Waals surface area contributed by atoms with E-state index in [0.717, 1.165) is 28.9 Å². The molecule has 0 N–H and O–H groups in total. The van der Waals surface area contributed by atoms with Crippen molar-refractivity contribution >= 4 is 23.0 Å². The highest BCUT2D eigenvalue weighted by Gasteiger charge is 2.30. The molecule has 5 heteroatoms. The Labute approximate surface area is 101 Å². The second kappa shape index (κ2) is 4.56. The molecule has 0 amide bonds. The first-order valence-electron chi connectivity index (χ1n) is 5.00. The van der Waals surface area contributed by atoms with E-state index in [1.54, 1.807) is 0 Å². The van der Waals surface area contributed by atoms with Crippen LogP contribution < -0.4 is 0 Å². The fourth-order valence-electron chi connectivity index (χ4n) is 1.58. The summed E-state index contributed by atoms with van der Waals surface area (Å²) in [7, 11) is 0. The van der Waals surface area contributed by atoms with Gasteiger partial charge in [0.2, 0.25) is 0 Å². The van der Waals surface area contributed by atoms with Crippen LogP contribution in [0.4, 0.5) is 13.2 Å². The topological polar surface area (TPSA) is 17.1 Å². The van der Waals surface area contributed by atoms with Crippen LogP contribution in [0.25, 0.3) is 4.91 Å². The Bertz CT molecular complexity index is 448. The SMILES string of the molecule is O=CC1CC=C(c2ccc(C(F)(F)F)cc2)S1. The quantitative estimate of drug-likeness (QED) is 0.751. The molecule has 2 rings (SSSR count). The summed E-state index contributed by atoms with van der Waals surface area (Å²) in [6.07, 6.45) is -0.920. The van der Waals surface area contributed by atoms with Crippen LogP contribution in [-0.2, 0) is 11.0 Å². The number of aldehydes is 1. The standard InChI is InChI=1S/C12H9F3OS/c13-12(14,15)9-3-1-8(2-4-9)11-6-5-10(7-16)17-11/h1-4,6-7,10H,5H2. The number of carbonyl (C=O) groups is 1. The molecule has 1 aliphatic rings. The van der Waals surface area contributed by atoms with Crippen molar-refractivity contribution < 1.29 is 18.0 Å². The highest BCUT2D eigenvalue weighted by molar-refractivity contribution is 8.09. The van der Waals surface area contributed by atoms with Crippen molar-refractivity contribution in [1.29, 1.82) is 0 Å². The molecule has 1 aromatic carbocycles. The zero-order chi connectivity index (χ0) is 12.5. The molecule has 1 unspecified atom stereocenters. The predicted molar refractivity (Wildman–Crippen MR) is 61.5 cm³/mol. The van der Waals surface area contributed by atoms with Crippen LogP contribution in [0.5, 0.6) is 0 Å². The second-order valence-electron chi connectivity index (χ2n) is 3.67. The van der Waals surface area contributed by atoms with E-state index in [2.05, 4.69) is 0 Å². The zero-order valence-electron chi connectivity index (χ0n) is 8.70. The number of carbonyl (C=O) groups excluding carboxylic acids is 1. The number of halogens is 3. The van der Waals surface area contributed by atoms with Gasteiger partial charge in [-0.1, -0.05) is 18.2 Å². The number of thioether (sulfide) groups is 1. The Kier molecular flexibility index (Phi) is 3.28. The molecule has 0 aliphatic carbocycles. The Morgan fingerprint density at radius 1 is 1.24 bits per heavy atom. The molecule has 0 spiro atoms. The molecule has 0 aromatic heterocycles. The van der Waals surface area contributed by atoms with Crippen LogP contribution in [0.2, 0.25) is 0 Å². The number of alkyl halides is 3. The van der Waals surface area contributed by atoms with Gasteiger partial charge in [-0.05, 0) is 24.1 Å². The molecule has 1 atom stereocenters. The van der Waals surface area contributed by atoms with Gasteiger partial charge >= 0.3 is 6.18 Å². The van der Waals surface area contributed by atoms with Crippen molar-refractivity contribution in [2.24, 2.45) is 0 Å². The molecule has 0 fully saturated rings. The molecule has 0 radical (unpaired) electrons. The van der Waals surface area contributed by atoms with Gasteiger partial charge in [-0.25, -0.2) is 0 Å². The molecular weight excluding hydrogens is 249 g/mol. The molecule has 0 saturated heterocycles. The van der Waals surface area contributed by atoms with E-state index in [-0.39, 0.29) is 5.25 Å². The van der Waals surface area contributed by atoms with Gasteiger partial charge < -0.3 is 4.79 Å². The average Bonchev–Trinajstić information content (AvgIpc) is 2.76. The van der Waals surface area contributed by atoms with Crippen LogP contribution in [0, 0.1) is 0 Å². The second-order valence-corrected chi connectivity index (χ2v) is 4.95. The summed E-state index contributed by atoms with van der Waals surface area (Å²) >= 11 is 1.39. The van der Waals surface area contributed by atoms with E-state index in [1.165, 1.54) is 23.9 Å². The Hall–Kier alpha value is -1.23. The van der Waals surface area contributed by atoms with Gasteiger partial charge in [0.25, 0.3) is 0 Å². The lowest BCUT2D eigenvalue weighted by atomic mass is 10.1. The van der Waals surface area contributed by atoms with Gasteiger partial charge in [0.05, 0.1) is 10.8 Å². The van der Waals surface area contributed by atoms with Crippen LogP contribution in [0.15, 0.2) is 30.3 Å². The summed E-state index contributed by atoms with van der Waals surface area (Å²) in [6.45, 7) is 0. The zero-order valence-corrected chi connectivity index (χ0v) is 9.52. The van der Waals surface area contributed by atoms with E-state index in [9.17, 15) is 18.0 Å². The Morgan fingerprint density at radius 2 is 1.88 bits per heavy atom. The normalized spacial score (nSPS) is 20.2. The van der Waals surface area contributed by atoms with Crippen LogP contribution in [-0.4, -0.2) is 11.5 Å². The Balaban J connectivity index is 2.17. The maximum Gasteiger partial charge on any atom is 0.416 e. The molecule has 0 saturated carbocycles. The van der Waals surface area contributed by atoms with Crippen molar-refractivity contribution in [2.75, 3.05) is 0 Å². The first-order chi connectivity index (χ1) is 8.00. The third-order valence-electron chi connectivity index (χ3n) is 2.46. The summed E-state index contributed by atoms with van der Waals surface area (Å²) in [5.41, 5.74) is 0.0733. The number of hydrogen-bond acceptors (Lipinski definition) is 2. The summed E-state index contributed by atoms with van der Waals surface area (Å²) in [5.74, 6) is 0. The highest BCUT2D eigenvalue weighted by Crippen LogP contribution is 2.39. The molecule has 1 aromatic rings. The summed E-state index contributed by atoms with van der Waals surface area (Å²) < 4.78 is 37.0. The number of allylic oxidation sites excluding steroid dienone is 1. The predicted octanol–water partition coefficient (Wildman–Crippen LogP) is 3.75. The maximum atomic E-state index is 12.3. The van der Waals surface area contributed by atoms with Gasteiger partial charge in [-0.3, -0.25) is 0 Å². The number of rotatable bonds is 2. The van der Waals surface area contributed by atoms with Crippen molar-refractivity contribution in [1.82, 2.24) is 0 Å². The van der Waals surface area contributed by atoms with Gasteiger partial charge in [0.15, 0.2) is 0 Å². The van der Waals surface area contributed by atoms with Gasteiger partial charge in [-0.2, -0.15) is 13.2 Å². The Morgan fingerprint density at radius 3 is 2.35 bits per heavy atom. The average molecular weight is 258 g/mol. The maximum absolute atomic E-state index is 12.3. The van der Waals surface area contributed by atoms with Crippen molar-refractivity contribution in [3.05, 3.63) is 41.5 Å². The van der Waals surface area contributed by atoms with E-state index in [1.807, 2.05) is 6.08 Å². The first-order valence-corrected chi connectivity index (χ1v) is 5.88. The molecule has 1 nitrogen and oxygen atoms in total. The minimum Gasteiger partial charge on any atom is -0.302 e. The molecule has 0 bridgehead atoms. The molecule has 17 heavy (non-hydrogen) atoms.